The van der Waals surface area contributed by atoms with Crippen molar-refractivity contribution in [1.29, 1.82) is 0 Å². The molecule has 0 radical (unpaired) electrons. The summed E-state index contributed by atoms with van der Waals surface area (Å²) in [5, 5.41) is 8.80. The number of aromatic nitrogens is 2. The van der Waals surface area contributed by atoms with E-state index in [1.165, 1.54) is 10.5 Å². The monoisotopic (exact) mass is 275 g/mol. The highest BCUT2D eigenvalue weighted by molar-refractivity contribution is 7.89. The summed E-state index contributed by atoms with van der Waals surface area (Å²) in [6, 6.07) is 0. The summed E-state index contributed by atoms with van der Waals surface area (Å²) in [6.07, 6.45) is 4.30. The summed E-state index contributed by atoms with van der Waals surface area (Å²) in [5.41, 5.74) is 0. The first-order chi connectivity index (χ1) is 8.52. The third-order valence-corrected chi connectivity index (χ3v) is 4.53. The van der Waals surface area contributed by atoms with Crippen molar-refractivity contribution in [3.8, 4) is 0 Å². The molecule has 0 saturated carbocycles. The van der Waals surface area contributed by atoms with Crippen LogP contribution in [0.25, 0.3) is 0 Å². The second kappa shape index (κ2) is 6.86. The molecule has 0 fully saturated rings. The van der Waals surface area contributed by atoms with E-state index in [-0.39, 0.29) is 11.6 Å². The molecule has 2 N–H and O–H groups in total. The van der Waals surface area contributed by atoms with Crippen LogP contribution in [0, 0.1) is 0 Å². The number of rotatable bonds is 8. The highest BCUT2D eigenvalue weighted by Gasteiger charge is 2.22. The van der Waals surface area contributed by atoms with E-state index in [1.54, 1.807) is 7.05 Å². The van der Waals surface area contributed by atoms with Crippen molar-refractivity contribution in [1.82, 2.24) is 14.3 Å². The average Bonchev–Trinajstić information content (AvgIpc) is 2.83. The van der Waals surface area contributed by atoms with Gasteiger partial charge in [0.1, 0.15) is 5.82 Å². The van der Waals surface area contributed by atoms with Crippen LogP contribution in [-0.4, -0.2) is 48.0 Å². The van der Waals surface area contributed by atoms with Gasteiger partial charge >= 0.3 is 0 Å². The van der Waals surface area contributed by atoms with E-state index < -0.39 is 10.0 Å². The lowest BCUT2D eigenvalue weighted by Gasteiger charge is -2.15. The maximum Gasteiger partial charge on any atom is 0.259 e. The van der Waals surface area contributed by atoms with Crippen molar-refractivity contribution >= 4 is 10.0 Å². The molecule has 0 bridgehead atoms. The Morgan fingerprint density at radius 3 is 2.67 bits per heavy atom. The molecule has 0 saturated heterocycles. The molecular formula is C11H21N3O3S. The molecule has 18 heavy (non-hydrogen) atoms. The van der Waals surface area contributed by atoms with E-state index in [1.807, 2.05) is 6.92 Å². The van der Waals surface area contributed by atoms with Gasteiger partial charge in [0.15, 0.2) is 5.03 Å². The molecule has 0 unspecified atom stereocenters. The van der Waals surface area contributed by atoms with E-state index in [9.17, 15) is 8.42 Å². The number of hydrogen-bond acceptors (Lipinski definition) is 4. The maximum atomic E-state index is 12.1. The van der Waals surface area contributed by atoms with Crippen LogP contribution >= 0.6 is 0 Å². The van der Waals surface area contributed by atoms with Crippen molar-refractivity contribution in [3.63, 3.8) is 0 Å². The van der Waals surface area contributed by atoms with Crippen LogP contribution in [0.4, 0.5) is 0 Å². The zero-order valence-corrected chi connectivity index (χ0v) is 11.7. The van der Waals surface area contributed by atoms with Crippen LogP contribution in [-0.2, 0) is 16.4 Å². The van der Waals surface area contributed by atoms with Crippen LogP contribution in [0.2, 0.25) is 0 Å². The Labute approximate surface area is 108 Å². The standard InChI is InChI=1S/C11H21N3O3S/c1-3-10-12-9-11(13-10)18(16,17)14(2)7-5-4-6-8-15/h9,15H,3-8H2,1-2H3,(H,12,13). The third kappa shape index (κ3) is 3.79. The fraction of sp³-hybridized carbons (Fsp3) is 0.727. The molecule has 0 atom stereocenters. The molecule has 7 heteroatoms. The molecule has 1 heterocycles. The van der Waals surface area contributed by atoms with Crippen LogP contribution in [0.3, 0.4) is 0 Å². The van der Waals surface area contributed by atoms with Gasteiger partial charge in [0, 0.05) is 26.6 Å². The van der Waals surface area contributed by atoms with Gasteiger partial charge in [0.05, 0.1) is 6.20 Å². The summed E-state index contributed by atoms with van der Waals surface area (Å²) >= 11 is 0. The van der Waals surface area contributed by atoms with Gasteiger partial charge in [0.2, 0.25) is 0 Å². The molecule has 1 aromatic rings. The molecule has 0 amide bonds. The number of nitrogens with zero attached hydrogens (tertiary/aromatic N) is 2. The Morgan fingerprint density at radius 2 is 2.11 bits per heavy atom. The number of aliphatic hydroxyl groups is 1. The lowest BCUT2D eigenvalue weighted by atomic mass is 10.2. The van der Waals surface area contributed by atoms with Gasteiger partial charge in [-0.25, -0.2) is 13.4 Å². The lowest BCUT2D eigenvalue weighted by Crippen LogP contribution is -2.28. The SMILES string of the molecule is CCc1ncc(S(=O)(=O)N(C)CCCCCO)[nH]1. The number of unbranched alkanes of at least 4 members (excludes halogenated alkanes) is 2. The van der Waals surface area contributed by atoms with E-state index in [0.717, 1.165) is 12.8 Å². The molecule has 1 rings (SSSR count). The molecular weight excluding hydrogens is 254 g/mol. The number of aromatic amines is 1. The molecule has 0 aliphatic heterocycles. The molecule has 1 aromatic heterocycles. The van der Waals surface area contributed by atoms with E-state index >= 15 is 0 Å². The number of hydrogen-bond donors (Lipinski definition) is 2. The summed E-state index contributed by atoms with van der Waals surface area (Å²) < 4.78 is 25.6. The van der Waals surface area contributed by atoms with Gasteiger partial charge in [-0.15, -0.1) is 0 Å². The van der Waals surface area contributed by atoms with Gasteiger partial charge < -0.3 is 10.1 Å². The van der Waals surface area contributed by atoms with Crippen LogP contribution in [0.15, 0.2) is 11.2 Å². The number of nitrogens with one attached hydrogen (secondary N) is 1. The Kier molecular flexibility index (Phi) is 5.77. The number of sulfonamides is 1. The minimum Gasteiger partial charge on any atom is -0.396 e. The predicted octanol–water partition coefficient (Wildman–Crippen LogP) is 0.755. The first-order valence-corrected chi connectivity index (χ1v) is 7.57. The van der Waals surface area contributed by atoms with Crippen molar-refractivity contribution in [3.05, 3.63) is 12.0 Å². The fourth-order valence-corrected chi connectivity index (χ4v) is 2.70. The third-order valence-electron chi connectivity index (χ3n) is 2.76. The Balaban J connectivity index is 2.62. The zero-order valence-electron chi connectivity index (χ0n) is 10.9. The highest BCUT2D eigenvalue weighted by atomic mass is 32.2. The number of imidazole rings is 1. The van der Waals surface area contributed by atoms with E-state index in [0.29, 0.717) is 25.2 Å². The second-order valence-corrected chi connectivity index (χ2v) is 6.17. The van der Waals surface area contributed by atoms with Crippen molar-refractivity contribution in [2.75, 3.05) is 20.2 Å². The summed E-state index contributed by atoms with van der Waals surface area (Å²) in [5.74, 6) is 0.669. The summed E-state index contributed by atoms with van der Waals surface area (Å²) in [7, 11) is -1.91. The smallest absolute Gasteiger partial charge is 0.259 e. The molecule has 0 aliphatic carbocycles. The minimum absolute atomic E-state index is 0.143. The Hall–Kier alpha value is -0.920. The van der Waals surface area contributed by atoms with Gasteiger partial charge in [-0.05, 0) is 19.3 Å². The fourth-order valence-electron chi connectivity index (χ4n) is 1.57. The zero-order chi connectivity index (χ0) is 13.6. The van der Waals surface area contributed by atoms with Crippen molar-refractivity contribution < 1.29 is 13.5 Å². The Morgan fingerprint density at radius 1 is 1.39 bits per heavy atom. The predicted molar refractivity (Wildman–Crippen MR) is 68.7 cm³/mol. The summed E-state index contributed by atoms with van der Waals surface area (Å²) in [4.78, 5) is 6.80. The molecule has 0 aliphatic rings. The van der Waals surface area contributed by atoms with Crippen LogP contribution in [0.1, 0.15) is 32.0 Å². The molecule has 6 nitrogen and oxygen atoms in total. The second-order valence-electron chi connectivity index (χ2n) is 4.16. The first kappa shape index (κ1) is 15.1. The largest absolute Gasteiger partial charge is 0.396 e. The van der Waals surface area contributed by atoms with E-state index in [2.05, 4.69) is 9.97 Å². The normalized spacial score (nSPS) is 12.2. The van der Waals surface area contributed by atoms with E-state index in [4.69, 9.17) is 5.11 Å². The van der Waals surface area contributed by atoms with Gasteiger partial charge in [-0.1, -0.05) is 6.92 Å². The highest BCUT2D eigenvalue weighted by Crippen LogP contribution is 2.13. The van der Waals surface area contributed by atoms with Crippen LogP contribution in [0.5, 0.6) is 0 Å². The topological polar surface area (TPSA) is 86.3 Å². The van der Waals surface area contributed by atoms with Gasteiger partial charge in [-0.2, -0.15) is 4.31 Å². The number of aryl methyl sites for hydroxylation is 1. The average molecular weight is 275 g/mol. The number of aliphatic hydroxyl groups excluding tert-OH is 1. The van der Waals surface area contributed by atoms with Gasteiger partial charge in [-0.3, -0.25) is 0 Å². The van der Waals surface area contributed by atoms with Crippen molar-refractivity contribution in [2.45, 2.75) is 37.6 Å². The quantitative estimate of drug-likeness (QED) is 0.686. The molecule has 0 aromatic carbocycles. The maximum absolute atomic E-state index is 12.1. The lowest BCUT2D eigenvalue weighted by molar-refractivity contribution is 0.281. The molecule has 0 spiro atoms. The first-order valence-electron chi connectivity index (χ1n) is 6.13. The van der Waals surface area contributed by atoms with Crippen LogP contribution < -0.4 is 0 Å². The van der Waals surface area contributed by atoms with Gasteiger partial charge in [0.25, 0.3) is 10.0 Å². The minimum atomic E-state index is -3.46. The molecule has 104 valence electrons. The Bertz CT molecular complexity index is 456. The number of H-pyrrole nitrogens is 1. The van der Waals surface area contributed by atoms with Crippen molar-refractivity contribution in [2.24, 2.45) is 0 Å². The summed E-state index contributed by atoms with van der Waals surface area (Å²) in [6.45, 7) is 2.51.